The molecule has 0 unspecified atom stereocenters. The van der Waals surface area contributed by atoms with Gasteiger partial charge in [0.1, 0.15) is 0 Å². The van der Waals surface area contributed by atoms with Gasteiger partial charge in [0.25, 0.3) is 0 Å². The molecule has 0 radical (unpaired) electrons. The van der Waals surface area contributed by atoms with Crippen molar-refractivity contribution in [3.63, 3.8) is 0 Å². The van der Waals surface area contributed by atoms with E-state index >= 15 is 0 Å². The summed E-state index contributed by atoms with van der Waals surface area (Å²) in [5.74, 6) is -0.204. The molecule has 0 aromatic rings. The van der Waals surface area contributed by atoms with Gasteiger partial charge >= 0.3 is 5.97 Å². The maximum Gasteiger partial charge on any atom is 0.319 e. The summed E-state index contributed by atoms with van der Waals surface area (Å²) in [5, 5.41) is 2.92. The Bertz CT molecular complexity index is 115. The second-order valence-electron chi connectivity index (χ2n) is 2.12. The van der Waals surface area contributed by atoms with Gasteiger partial charge in [-0.3, -0.25) is 4.79 Å². The van der Waals surface area contributed by atoms with Gasteiger partial charge in [0.05, 0.1) is 13.2 Å². The predicted octanol–water partition coefficient (Wildman–Crippen LogP) is 0.331. The van der Waals surface area contributed by atoms with Crippen molar-refractivity contribution in [2.45, 2.75) is 13.3 Å². The Morgan fingerprint density at radius 2 is 2.08 bits per heavy atom. The Labute approximate surface area is 91.4 Å². The Balaban J connectivity index is -0.000000500. The molecule has 0 atom stereocenters. The molecule has 0 aromatic carbocycles. The van der Waals surface area contributed by atoms with Gasteiger partial charge in [-0.1, -0.05) is 0 Å². The Kier molecular flexibility index (Phi) is 20.8. The number of carbonyl (C=O) groups excluding carboxylic acids is 1. The number of nitrogens with one attached hydrogen (secondary N) is 1. The zero-order valence-electron chi connectivity index (χ0n) is 7.75. The van der Waals surface area contributed by atoms with E-state index < -0.39 is 0 Å². The monoisotopic (exact) mass is 232 g/mol. The highest BCUT2D eigenvalue weighted by Crippen LogP contribution is 1.75. The average Bonchev–Trinajstić information content (AvgIpc) is 1.99. The summed E-state index contributed by atoms with van der Waals surface area (Å²) < 4.78 is 4.69. The van der Waals surface area contributed by atoms with Gasteiger partial charge in [0, 0.05) is 0 Å². The number of hydrogen-bond donors (Lipinski definition) is 2. The van der Waals surface area contributed by atoms with E-state index in [1.807, 2.05) is 0 Å². The van der Waals surface area contributed by atoms with E-state index in [1.165, 1.54) is 0 Å². The van der Waals surface area contributed by atoms with E-state index in [1.54, 1.807) is 6.92 Å². The molecule has 0 aliphatic heterocycles. The number of hydrogen-bond acceptors (Lipinski definition) is 4. The second kappa shape index (κ2) is 14.5. The molecule has 0 bridgehead atoms. The highest BCUT2D eigenvalue weighted by Gasteiger charge is 1.97. The molecule has 13 heavy (non-hydrogen) atoms. The van der Waals surface area contributed by atoms with Crippen LogP contribution in [0.5, 0.6) is 0 Å². The Hall–Kier alpha value is -0.0300. The van der Waals surface area contributed by atoms with Gasteiger partial charge in [0.15, 0.2) is 0 Å². The first-order chi connectivity index (χ1) is 5.31. The largest absolute Gasteiger partial charge is 0.465 e. The summed E-state index contributed by atoms with van der Waals surface area (Å²) in [6, 6.07) is 0. The molecule has 82 valence electrons. The minimum Gasteiger partial charge on any atom is -0.465 e. The SMILES string of the molecule is CCOC(=O)CNCCCN.Cl.Cl. The van der Waals surface area contributed by atoms with E-state index in [4.69, 9.17) is 5.73 Å². The van der Waals surface area contributed by atoms with Crippen LogP contribution in [0.2, 0.25) is 0 Å². The third-order valence-corrected chi connectivity index (χ3v) is 1.13. The molecule has 0 aliphatic carbocycles. The van der Waals surface area contributed by atoms with Crippen molar-refractivity contribution in [1.82, 2.24) is 5.32 Å². The number of carbonyl (C=O) groups is 1. The molecule has 0 fully saturated rings. The second-order valence-corrected chi connectivity index (χ2v) is 2.12. The van der Waals surface area contributed by atoms with Crippen LogP contribution in [0, 0.1) is 0 Å². The molecule has 4 nitrogen and oxygen atoms in total. The van der Waals surface area contributed by atoms with E-state index in [-0.39, 0.29) is 37.3 Å². The third kappa shape index (κ3) is 14.8. The Morgan fingerprint density at radius 3 is 2.54 bits per heavy atom. The molecule has 0 saturated carbocycles. The number of rotatable bonds is 6. The third-order valence-electron chi connectivity index (χ3n) is 1.13. The van der Waals surface area contributed by atoms with Crippen LogP contribution < -0.4 is 11.1 Å². The molecule has 6 heteroatoms. The van der Waals surface area contributed by atoms with Gasteiger partial charge in [-0.15, -0.1) is 24.8 Å². The van der Waals surface area contributed by atoms with Gasteiger partial charge in [-0.25, -0.2) is 0 Å². The summed E-state index contributed by atoms with van der Waals surface area (Å²) >= 11 is 0. The fourth-order valence-electron chi connectivity index (χ4n) is 0.630. The van der Waals surface area contributed by atoms with Crippen LogP contribution in [-0.4, -0.2) is 32.2 Å². The molecular formula is C7H18Cl2N2O2. The normalized spacial score (nSPS) is 8.15. The lowest BCUT2D eigenvalue weighted by Gasteiger charge is -2.02. The highest BCUT2D eigenvalue weighted by molar-refractivity contribution is 5.85. The van der Waals surface area contributed by atoms with Crippen LogP contribution in [0.3, 0.4) is 0 Å². The van der Waals surface area contributed by atoms with Crippen LogP contribution in [0.1, 0.15) is 13.3 Å². The van der Waals surface area contributed by atoms with Crippen molar-refractivity contribution >= 4 is 30.8 Å². The minimum atomic E-state index is -0.204. The topological polar surface area (TPSA) is 64.3 Å². The molecule has 0 spiro atoms. The molecule has 0 saturated heterocycles. The summed E-state index contributed by atoms with van der Waals surface area (Å²) in [4.78, 5) is 10.7. The van der Waals surface area contributed by atoms with Crippen molar-refractivity contribution in [1.29, 1.82) is 0 Å². The van der Waals surface area contributed by atoms with Crippen molar-refractivity contribution < 1.29 is 9.53 Å². The standard InChI is InChI=1S/C7H16N2O2.2ClH/c1-2-11-7(10)6-9-5-3-4-8;;/h9H,2-6,8H2,1H3;2*1H. The minimum absolute atomic E-state index is 0. The quantitative estimate of drug-likeness (QED) is 0.512. The first kappa shape index (κ1) is 18.7. The number of halogens is 2. The highest BCUT2D eigenvalue weighted by atomic mass is 35.5. The van der Waals surface area contributed by atoms with Crippen molar-refractivity contribution in [3.8, 4) is 0 Å². The number of nitrogens with two attached hydrogens (primary N) is 1. The first-order valence-corrected chi connectivity index (χ1v) is 3.87. The lowest BCUT2D eigenvalue weighted by atomic mass is 10.4. The van der Waals surface area contributed by atoms with E-state index in [2.05, 4.69) is 10.1 Å². The summed E-state index contributed by atoms with van der Waals surface area (Å²) in [5.41, 5.74) is 5.25. The van der Waals surface area contributed by atoms with Crippen molar-refractivity contribution in [3.05, 3.63) is 0 Å². The zero-order chi connectivity index (χ0) is 8.53. The number of ether oxygens (including phenoxy) is 1. The van der Waals surface area contributed by atoms with Crippen LogP contribution >= 0.6 is 24.8 Å². The maximum atomic E-state index is 10.7. The lowest BCUT2D eigenvalue weighted by molar-refractivity contribution is -0.141. The maximum absolute atomic E-state index is 10.7. The average molecular weight is 233 g/mol. The first-order valence-electron chi connectivity index (χ1n) is 3.87. The van der Waals surface area contributed by atoms with Gasteiger partial charge in [0.2, 0.25) is 0 Å². The lowest BCUT2D eigenvalue weighted by Crippen LogP contribution is -2.26. The van der Waals surface area contributed by atoms with Crippen molar-refractivity contribution in [2.24, 2.45) is 5.73 Å². The number of esters is 1. The summed E-state index contributed by atoms with van der Waals surface area (Å²) in [6.07, 6.45) is 0.888. The molecule has 0 amide bonds. The molecular weight excluding hydrogens is 215 g/mol. The predicted molar refractivity (Wildman–Crippen MR) is 57.7 cm³/mol. The molecule has 3 N–H and O–H groups in total. The summed E-state index contributed by atoms with van der Waals surface area (Å²) in [7, 11) is 0. The van der Waals surface area contributed by atoms with Crippen LogP contribution in [0.15, 0.2) is 0 Å². The van der Waals surface area contributed by atoms with Gasteiger partial charge < -0.3 is 15.8 Å². The molecule has 0 heterocycles. The van der Waals surface area contributed by atoms with E-state index in [9.17, 15) is 4.79 Å². The van der Waals surface area contributed by atoms with Gasteiger partial charge in [-0.2, -0.15) is 0 Å². The fourth-order valence-corrected chi connectivity index (χ4v) is 0.630. The molecule has 0 rings (SSSR count). The van der Waals surface area contributed by atoms with E-state index in [0.29, 0.717) is 13.2 Å². The van der Waals surface area contributed by atoms with Crippen LogP contribution in [0.25, 0.3) is 0 Å². The van der Waals surface area contributed by atoms with E-state index in [0.717, 1.165) is 13.0 Å². The van der Waals surface area contributed by atoms with Gasteiger partial charge in [-0.05, 0) is 26.4 Å². The smallest absolute Gasteiger partial charge is 0.319 e. The Morgan fingerprint density at radius 1 is 1.46 bits per heavy atom. The zero-order valence-corrected chi connectivity index (χ0v) is 9.38. The van der Waals surface area contributed by atoms with Crippen molar-refractivity contribution in [2.75, 3.05) is 26.2 Å². The molecule has 0 aromatic heterocycles. The van der Waals surface area contributed by atoms with Crippen LogP contribution in [-0.2, 0) is 9.53 Å². The van der Waals surface area contributed by atoms with Crippen LogP contribution in [0.4, 0.5) is 0 Å². The fraction of sp³-hybridized carbons (Fsp3) is 0.857. The summed E-state index contributed by atoms with van der Waals surface area (Å²) in [6.45, 7) is 3.94. The molecule has 0 aliphatic rings.